The van der Waals surface area contributed by atoms with Crippen LogP contribution in [0, 0.1) is 5.41 Å². The highest BCUT2D eigenvalue weighted by atomic mass is 31.1. The fraction of sp³-hybridized carbons (Fsp3) is 1.00. The average Bonchev–Trinajstić information content (AvgIpc) is 1.59. The van der Waals surface area contributed by atoms with E-state index in [0.717, 1.165) is 0 Å². The molecule has 48 valence electrons. The summed E-state index contributed by atoms with van der Waals surface area (Å²) in [6.45, 7) is 6.62. The maximum absolute atomic E-state index is 9.73. The summed E-state index contributed by atoms with van der Waals surface area (Å²) in [5, 5.41) is 0. The average molecular weight is 134 g/mol. The molecule has 0 rings (SSSR count). The molecule has 0 aliphatic carbocycles. The molecular weight excluding hydrogens is 123 g/mol. The molecule has 0 amide bonds. The van der Waals surface area contributed by atoms with E-state index >= 15 is 0 Å². The standard InChI is InChI=1S/C5H11O2P/c1-5(2,3)4-7-8-6/h4H2,1-3H3. The van der Waals surface area contributed by atoms with E-state index in [9.17, 15) is 4.57 Å². The molecule has 0 N–H and O–H groups in total. The van der Waals surface area contributed by atoms with Crippen LogP contribution < -0.4 is 0 Å². The van der Waals surface area contributed by atoms with Crippen molar-refractivity contribution < 1.29 is 9.09 Å². The molecule has 0 heterocycles. The summed E-state index contributed by atoms with van der Waals surface area (Å²) >= 11 is 0. The summed E-state index contributed by atoms with van der Waals surface area (Å²) < 4.78 is 14.3. The van der Waals surface area contributed by atoms with Gasteiger partial charge in [0.1, 0.15) is 0 Å². The van der Waals surface area contributed by atoms with Crippen LogP contribution >= 0.6 is 8.69 Å². The molecule has 0 saturated heterocycles. The van der Waals surface area contributed by atoms with Gasteiger partial charge in [0.05, 0.1) is 6.61 Å². The van der Waals surface area contributed by atoms with Gasteiger partial charge < -0.3 is 0 Å². The number of hydrogen-bond acceptors (Lipinski definition) is 2. The molecule has 0 radical (unpaired) electrons. The van der Waals surface area contributed by atoms with Gasteiger partial charge in [-0.3, -0.25) is 4.52 Å². The summed E-state index contributed by atoms with van der Waals surface area (Å²) in [6, 6.07) is 0. The SMILES string of the molecule is CC(C)(C)COP=O. The summed E-state index contributed by atoms with van der Waals surface area (Å²) in [7, 11) is -0.220. The molecule has 0 fully saturated rings. The van der Waals surface area contributed by atoms with Gasteiger partial charge in [-0.25, -0.2) is 4.57 Å². The first-order valence-corrected chi connectivity index (χ1v) is 3.24. The van der Waals surface area contributed by atoms with E-state index in [1.165, 1.54) is 0 Å². The highest BCUT2D eigenvalue weighted by Crippen LogP contribution is 2.15. The van der Waals surface area contributed by atoms with Gasteiger partial charge in [-0.05, 0) is 5.41 Å². The lowest BCUT2D eigenvalue weighted by atomic mass is 9.99. The molecule has 0 aliphatic heterocycles. The van der Waals surface area contributed by atoms with Gasteiger partial charge in [-0.2, -0.15) is 0 Å². The second kappa shape index (κ2) is 3.16. The Morgan fingerprint density at radius 2 is 2.00 bits per heavy atom. The molecule has 2 nitrogen and oxygen atoms in total. The Bertz CT molecular complexity index is 75.0. The van der Waals surface area contributed by atoms with Crippen molar-refractivity contribution in [3.05, 3.63) is 0 Å². The van der Waals surface area contributed by atoms with Crippen LogP contribution in [0.25, 0.3) is 0 Å². The zero-order valence-corrected chi connectivity index (χ0v) is 6.37. The Morgan fingerprint density at radius 1 is 1.50 bits per heavy atom. The molecule has 0 aromatic rings. The first kappa shape index (κ1) is 8.06. The van der Waals surface area contributed by atoms with Gasteiger partial charge in [0.15, 0.2) is 0 Å². The predicted molar refractivity (Wildman–Crippen MR) is 33.0 cm³/mol. The largest absolute Gasteiger partial charge is 0.327 e. The van der Waals surface area contributed by atoms with Crippen LogP contribution in [-0.4, -0.2) is 6.61 Å². The molecule has 0 unspecified atom stereocenters. The zero-order valence-electron chi connectivity index (χ0n) is 5.47. The Kier molecular flexibility index (Phi) is 3.18. The van der Waals surface area contributed by atoms with Crippen LogP contribution in [0.1, 0.15) is 20.8 Å². The minimum Gasteiger partial charge on any atom is -0.294 e. The second-order valence-electron chi connectivity index (χ2n) is 2.91. The van der Waals surface area contributed by atoms with Crippen molar-refractivity contribution in [2.45, 2.75) is 20.8 Å². The first-order valence-electron chi connectivity index (χ1n) is 2.51. The minimum atomic E-state index is -0.220. The van der Waals surface area contributed by atoms with E-state index < -0.39 is 0 Å². The second-order valence-corrected chi connectivity index (χ2v) is 3.32. The highest BCUT2D eigenvalue weighted by molar-refractivity contribution is 7.17. The molecule has 0 saturated carbocycles. The third-order valence-corrected chi connectivity index (χ3v) is 0.785. The van der Waals surface area contributed by atoms with E-state index in [0.29, 0.717) is 6.61 Å². The quantitative estimate of drug-likeness (QED) is 0.541. The Morgan fingerprint density at radius 3 is 2.12 bits per heavy atom. The van der Waals surface area contributed by atoms with Crippen molar-refractivity contribution >= 4 is 8.69 Å². The van der Waals surface area contributed by atoms with Crippen LogP contribution in [0.5, 0.6) is 0 Å². The monoisotopic (exact) mass is 134 g/mol. The van der Waals surface area contributed by atoms with Crippen molar-refractivity contribution in [2.75, 3.05) is 6.61 Å². The molecule has 0 bridgehead atoms. The number of rotatable bonds is 2. The highest BCUT2D eigenvalue weighted by Gasteiger charge is 2.09. The smallest absolute Gasteiger partial charge is 0.294 e. The molecule has 3 heteroatoms. The lowest BCUT2D eigenvalue weighted by molar-refractivity contribution is 0.214. The van der Waals surface area contributed by atoms with Crippen molar-refractivity contribution in [2.24, 2.45) is 5.41 Å². The molecule has 0 atom stereocenters. The molecule has 0 spiro atoms. The first-order chi connectivity index (χ1) is 3.56. The maximum atomic E-state index is 9.73. The van der Waals surface area contributed by atoms with Gasteiger partial charge in [0, 0.05) is 0 Å². The van der Waals surface area contributed by atoms with E-state index in [-0.39, 0.29) is 14.1 Å². The summed E-state index contributed by atoms with van der Waals surface area (Å²) in [6.07, 6.45) is 0. The fourth-order valence-electron chi connectivity index (χ4n) is 0.220. The van der Waals surface area contributed by atoms with E-state index in [2.05, 4.69) is 4.52 Å². The van der Waals surface area contributed by atoms with Crippen LogP contribution in [0.2, 0.25) is 0 Å². The lowest BCUT2D eigenvalue weighted by Gasteiger charge is -2.13. The Balaban J connectivity index is 3.24. The van der Waals surface area contributed by atoms with E-state index in [4.69, 9.17) is 0 Å². The third-order valence-electron chi connectivity index (χ3n) is 0.550. The normalized spacial score (nSPS) is 12.4. The van der Waals surface area contributed by atoms with Crippen LogP contribution in [-0.2, 0) is 9.09 Å². The minimum absolute atomic E-state index is 0.122. The van der Waals surface area contributed by atoms with Crippen molar-refractivity contribution in [3.8, 4) is 0 Å². The maximum Gasteiger partial charge on any atom is 0.327 e. The van der Waals surface area contributed by atoms with Crippen molar-refractivity contribution in [3.63, 3.8) is 0 Å². The molecule has 0 aromatic carbocycles. The van der Waals surface area contributed by atoms with Gasteiger partial charge >= 0.3 is 8.69 Å². The molecule has 0 aliphatic rings. The summed E-state index contributed by atoms with van der Waals surface area (Å²) in [5.74, 6) is 0. The molecule has 8 heavy (non-hydrogen) atoms. The van der Waals surface area contributed by atoms with Crippen LogP contribution in [0.15, 0.2) is 0 Å². The van der Waals surface area contributed by atoms with Gasteiger partial charge in [0.25, 0.3) is 0 Å². The van der Waals surface area contributed by atoms with Crippen LogP contribution in [0.3, 0.4) is 0 Å². The van der Waals surface area contributed by atoms with Crippen LogP contribution in [0.4, 0.5) is 0 Å². The molecular formula is C5H11O2P. The lowest BCUT2D eigenvalue weighted by Crippen LogP contribution is -2.10. The third kappa shape index (κ3) is 6.06. The van der Waals surface area contributed by atoms with Gasteiger partial charge in [-0.15, -0.1) is 0 Å². The summed E-state index contributed by atoms with van der Waals surface area (Å²) in [4.78, 5) is 0. The molecule has 0 aromatic heterocycles. The van der Waals surface area contributed by atoms with Crippen molar-refractivity contribution in [1.29, 1.82) is 0 Å². The summed E-state index contributed by atoms with van der Waals surface area (Å²) in [5.41, 5.74) is 0.122. The van der Waals surface area contributed by atoms with Gasteiger partial charge in [-0.1, -0.05) is 20.8 Å². The van der Waals surface area contributed by atoms with E-state index in [1.807, 2.05) is 20.8 Å². The van der Waals surface area contributed by atoms with E-state index in [1.54, 1.807) is 0 Å². The Labute approximate surface area is 51.5 Å². The number of hydrogen-bond donors (Lipinski definition) is 0. The predicted octanol–water partition coefficient (Wildman–Crippen LogP) is 2.26. The van der Waals surface area contributed by atoms with Crippen molar-refractivity contribution in [1.82, 2.24) is 0 Å². The fourth-order valence-corrected chi connectivity index (χ4v) is 0.660. The Hall–Kier alpha value is 0.0600. The van der Waals surface area contributed by atoms with Gasteiger partial charge in [0.2, 0.25) is 0 Å². The zero-order chi connectivity index (χ0) is 6.62. The topological polar surface area (TPSA) is 26.3 Å².